The number of hydrogen-bond acceptors (Lipinski definition) is 6. The molecule has 0 rings (SSSR count). The fourth-order valence-corrected chi connectivity index (χ4v) is 8.20. The van der Waals surface area contributed by atoms with E-state index in [-0.39, 0.29) is 31.1 Å². The SMILES string of the molecule is CC/C=C\C/C=C\C/C=C\C/C=C\CCCCCCCCCCCCCCCCCCCCCCC(=O)OCC(COC(=O)CCCCCCCC)OC(=O)CCCCCCC/C=C\CCC. The summed E-state index contributed by atoms with van der Waals surface area (Å²) in [5.41, 5.74) is 0. The van der Waals surface area contributed by atoms with Crippen molar-refractivity contribution in [3.05, 3.63) is 60.8 Å². The van der Waals surface area contributed by atoms with Gasteiger partial charge in [0.25, 0.3) is 0 Å². The zero-order valence-corrected chi connectivity index (χ0v) is 44.4. The molecule has 0 aromatic rings. The van der Waals surface area contributed by atoms with Gasteiger partial charge in [0.2, 0.25) is 0 Å². The Morgan fingerprint density at radius 1 is 0.313 bits per heavy atom. The molecule has 0 saturated heterocycles. The predicted octanol–water partition coefficient (Wildman–Crippen LogP) is 19.2. The number of carbonyl (C=O) groups excluding carboxylic acids is 3. The third-order valence-electron chi connectivity index (χ3n) is 12.5. The van der Waals surface area contributed by atoms with Crippen molar-refractivity contribution in [1.82, 2.24) is 0 Å². The monoisotopic (exact) mass is 937 g/mol. The number of unbranched alkanes of at least 4 members (excludes halogenated alkanes) is 31. The van der Waals surface area contributed by atoms with E-state index in [1.54, 1.807) is 0 Å². The molecular weight excluding hydrogens is 829 g/mol. The maximum atomic E-state index is 12.7. The van der Waals surface area contributed by atoms with Crippen molar-refractivity contribution < 1.29 is 28.6 Å². The van der Waals surface area contributed by atoms with E-state index in [9.17, 15) is 14.4 Å². The molecule has 0 amide bonds. The number of carbonyl (C=O) groups is 3. The third-order valence-corrected chi connectivity index (χ3v) is 12.5. The highest BCUT2D eigenvalue weighted by Gasteiger charge is 2.19. The molecule has 0 radical (unpaired) electrons. The fraction of sp³-hybridized carbons (Fsp3) is 0.787. The Morgan fingerprint density at radius 2 is 0.612 bits per heavy atom. The maximum Gasteiger partial charge on any atom is 0.306 e. The summed E-state index contributed by atoms with van der Waals surface area (Å²) in [5, 5.41) is 0. The van der Waals surface area contributed by atoms with Gasteiger partial charge in [-0.2, -0.15) is 0 Å². The van der Waals surface area contributed by atoms with Gasteiger partial charge in [0.15, 0.2) is 6.10 Å². The van der Waals surface area contributed by atoms with Gasteiger partial charge in [0, 0.05) is 19.3 Å². The second kappa shape index (κ2) is 55.7. The second-order valence-electron chi connectivity index (χ2n) is 19.2. The average Bonchev–Trinajstić information content (AvgIpc) is 3.33. The van der Waals surface area contributed by atoms with E-state index in [1.807, 2.05) is 0 Å². The lowest BCUT2D eigenvalue weighted by atomic mass is 10.0. The lowest BCUT2D eigenvalue weighted by Gasteiger charge is -2.18. The molecule has 1 atom stereocenters. The van der Waals surface area contributed by atoms with Crippen LogP contribution in [0, 0.1) is 0 Å². The van der Waals surface area contributed by atoms with Crippen molar-refractivity contribution in [3.8, 4) is 0 Å². The Bertz CT molecular complexity index is 1210. The van der Waals surface area contributed by atoms with Crippen LogP contribution in [0.1, 0.15) is 290 Å². The van der Waals surface area contributed by atoms with Gasteiger partial charge in [-0.25, -0.2) is 0 Å². The van der Waals surface area contributed by atoms with E-state index in [1.165, 1.54) is 148 Å². The van der Waals surface area contributed by atoms with E-state index >= 15 is 0 Å². The van der Waals surface area contributed by atoms with Crippen molar-refractivity contribution in [3.63, 3.8) is 0 Å². The van der Waals surface area contributed by atoms with Gasteiger partial charge in [0.1, 0.15) is 13.2 Å². The Labute approximate surface area is 415 Å². The van der Waals surface area contributed by atoms with Crippen molar-refractivity contribution in [2.75, 3.05) is 13.2 Å². The molecule has 0 aromatic heterocycles. The molecule has 0 spiro atoms. The summed E-state index contributed by atoms with van der Waals surface area (Å²) in [5.74, 6) is -0.886. The van der Waals surface area contributed by atoms with Gasteiger partial charge in [-0.05, 0) is 77.0 Å². The summed E-state index contributed by atoms with van der Waals surface area (Å²) in [6.07, 6.45) is 69.9. The van der Waals surface area contributed by atoms with Crippen LogP contribution in [0.15, 0.2) is 60.8 Å². The lowest BCUT2D eigenvalue weighted by molar-refractivity contribution is -0.167. The first-order valence-corrected chi connectivity index (χ1v) is 28.8. The molecule has 0 N–H and O–H groups in total. The van der Waals surface area contributed by atoms with Crippen LogP contribution >= 0.6 is 0 Å². The predicted molar refractivity (Wildman–Crippen MR) is 288 cm³/mol. The van der Waals surface area contributed by atoms with Crippen LogP contribution in [0.2, 0.25) is 0 Å². The smallest absolute Gasteiger partial charge is 0.306 e. The zero-order valence-electron chi connectivity index (χ0n) is 44.4. The van der Waals surface area contributed by atoms with Crippen LogP contribution in [-0.2, 0) is 28.6 Å². The standard InChI is InChI=1S/C61H108O6/c1-4-7-10-13-16-18-20-21-22-23-24-25-26-27-28-29-30-31-32-33-34-35-36-37-38-39-40-41-42-44-45-48-51-54-60(63)66-57-58(56-65-59(62)53-50-47-15-12-9-6-3)67-61(64)55-52-49-46-43-19-17-14-11-8-5-2/h7,10-11,14,16,18,21-22,24-25,58H,4-6,8-9,12-13,15,17,19-20,23,26-57H2,1-3H3/b10-7-,14-11-,18-16-,22-21-,25-24-. The van der Waals surface area contributed by atoms with Gasteiger partial charge in [0.05, 0.1) is 0 Å². The summed E-state index contributed by atoms with van der Waals surface area (Å²) in [6, 6.07) is 0. The van der Waals surface area contributed by atoms with E-state index < -0.39 is 6.10 Å². The van der Waals surface area contributed by atoms with E-state index in [4.69, 9.17) is 14.2 Å². The van der Waals surface area contributed by atoms with Gasteiger partial charge >= 0.3 is 17.9 Å². The number of allylic oxidation sites excluding steroid dienone is 10. The second-order valence-corrected chi connectivity index (χ2v) is 19.2. The van der Waals surface area contributed by atoms with Gasteiger partial charge in [-0.3, -0.25) is 14.4 Å². The highest BCUT2D eigenvalue weighted by Crippen LogP contribution is 2.17. The Balaban J connectivity index is 3.87. The number of esters is 3. The van der Waals surface area contributed by atoms with Gasteiger partial charge in [-0.1, -0.05) is 255 Å². The molecule has 0 aliphatic heterocycles. The topological polar surface area (TPSA) is 78.9 Å². The summed E-state index contributed by atoms with van der Waals surface area (Å²) in [7, 11) is 0. The third kappa shape index (κ3) is 53.9. The lowest BCUT2D eigenvalue weighted by Crippen LogP contribution is -2.30. The minimum atomic E-state index is -0.770. The van der Waals surface area contributed by atoms with E-state index in [0.29, 0.717) is 19.3 Å². The molecular formula is C61H108O6. The van der Waals surface area contributed by atoms with Gasteiger partial charge < -0.3 is 14.2 Å². The van der Waals surface area contributed by atoms with Crippen molar-refractivity contribution in [2.45, 2.75) is 297 Å². The Morgan fingerprint density at radius 3 is 0.985 bits per heavy atom. The maximum absolute atomic E-state index is 12.7. The largest absolute Gasteiger partial charge is 0.462 e. The summed E-state index contributed by atoms with van der Waals surface area (Å²) < 4.78 is 16.7. The average molecular weight is 938 g/mol. The van der Waals surface area contributed by atoms with Crippen LogP contribution in [0.25, 0.3) is 0 Å². The first-order chi connectivity index (χ1) is 33.0. The van der Waals surface area contributed by atoms with Crippen LogP contribution in [0.3, 0.4) is 0 Å². The highest BCUT2D eigenvalue weighted by molar-refractivity contribution is 5.71. The zero-order chi connectivity index (χ0) is 48.6. The first kappa shape index (κ1) is 64.1. The molecule has 0 aromatic carbocycles. The molecule has 0 aliphatic rings. The minimum absolute atomic E-state index is 0.0737. The molecule has 0 bridgehead atoms. The first-order valence-electron chi connectivity index (χ1n) is 28.8. The summed E-state index contributed by atoms with van der Waals surface area (Å²) in [4.78, 5) is 37.7. The molecule has 6 nitrogen and oxygen atoms in total. The Kier molecular flexibility index (Phi) is 53.3. The quantitative estimate of drug-likeness (QED) is 0.0262. The van der Waals surface area contributed by atoms with Crippen molar-refractivity contribution >= 4 is 17.9 Å². The highest BCUT2D eigenvalue weighted by atomic mass is 16.6. The molecule has 388 valence electrons. The molecule has 0 fully saturated rings. The number of ether oxygens (including phenoxy) is 3. The van der Waals surface area contributed by atoms with Crippen LogP contribution in [0.4, 0.5) is 0 Å². The van der Waals surface area contributed by atoms with Crippen LogP contribution < -0.4 is 0 Å². The number of hydrogen-bond donors (Lipinski definition) is 0. The molecule has 67 heavy (non-hydrogen) atoms. The molecule has 0 aliphatic carbocycles. The minimum Gasteiger partial charge on any atom is -0.462 e. The number of rotatable bonds is 52. The molecule has 1 unspecified atom stereocenters. The normalized spacial score (nSPS) is 12.5. The molecule has 0 saturated carbocycles. The molecule has 6 heteroatoms. The summed E-state index contributed by atoms with van der Waals surface area (Å²) >= 11 is 0. The van der Waals surface area contributed by atoms with E-state index in [0.717, 1.165) is 103 Å². The van der Waals surface area contributed by atoms with Crippen molar-refractivity contribution in [1.29, 1.82) is 0 Å². The Hall–Kier alpha value is -2.89. The van der Waals surface area contributed by atoms with E-state index in [2.05, 4.69) is 81.5 Å². The van der Waals surface area contributed by atoms with Crippen LogP contribution in [-0.4, -0.2) is 37.2 Å². The fourth-order valence-electron chi connectivity index (χ4n) is 8.20. The van der Waals surface area contributed by atoms with Crippen molar-refractivity contribution in [2.24, 2.45) is 0 Å². The van der Waals surface area contributed by atoms with Crippen LogP contribution in [0.5, 0.6) is 0 Å². The molecule has 0 heterocycles. The summed E-state index contributed by atoms with van der Waals surface area (Å²) in [6.45, 7) is 6.41. The van der Waals surface area contributed by atoms with Gasteiger partial charge in [-0.15, -0.1) is 0 Å².